The highest BCUT2D eigenvalue weighted by Crippen LogP contribution is 2.46. The Labute approximate surface area is 245 Å². The van der Waals surface area contributed by atoms with Crippen molar-refractivity contribution in [3.05, 3.63) is 152 Å². The van der Waals surface area contributed by atoms with Crippen molar-refractivity contribution in [1.82, 2.24) is 14.5 Å². The van der Waals surface area contributed by atoms with Crippen molar-refractivity contribution < 1.29 is 6.85 Å². The number of para-hydroxylation sites is 3. The Kier molecular flexibility index (Phi) is 4.37. The highest BCUT2D eigenvalue weighted by atomic mass is 15.1. The lowest BCUT2D eigenvalue weighted by Crippen LogP contribution is -1.99. The molecule has 192 valence electrons. The standard InChI is InChI=1S/C38H25N3/c1-2-12-27(13-3-1)41-35-21-11-10-20-34(35)40-38(41)37-32-18-8-6-16-30(32)36(31-17-7-9-19-33(31)37)29-15-5-4-14-28(29)26-22-24-39-25-23-26/h1-25H/i1D,2D,3D,12D,13D. The Hall–Kier alpha value is -5.54. The summed E-state index contributed by atoms with van der Waals surface area (Å²) < 4.78 is 44.7. The van der Waals surface area contributed by atoms with Crippen molar-refractivity contribution >= 4 is 32.6 Å². The molecule has 0 saturated heterocycles. The van der Waals surface area contributed by atoms with Gasteiger partial charge in [-0.3, -0.25) is 9.55 Å². The maximum Gasteiger partial charge on any atom is 0.146 e. The number of rotatable bonds is 4. The van der Waals surface area contributed by atoms with Gasteiger partial charge in [-0.1, -0.05) is 103 Å². The van der Waals surface area contributed by atoms with Crippen LogP contribution in [0.4, 0.5) is 0 Å². The lowest BCUT2D eigenvalue weighted by Gasteiger charge is -2.20. The fourth-order valence-corrected chi connectivity index (χ4v) is 5.92. The van der Waals surface area contributed by atoms with Gasteiger partial charge in [-0.05, 0) is 80.1 Å². The number of fused-ring (bicyclic) bond motifs is 3. The van der Waals surface area contributed by atoms with Gasteiger partial charge in [-0.2, -0.15) is 0 Å². The molecule has 0 bridgehead atoms. The Morgan fingerprint density at radius 3 is 1.78 bits per heavy atom. The van der Waals surface area contributed by atoms with E-state index in [1.54, 1.807) is 17.0 Å². The molecule has 0 aliphatic carbocycles. The number of imidazole rings is 1. The van der Waals surface area contributed by atoms with E-state index in [0.717, 1.165) is 49.4 Å². The van der Waals surface area contributed by atoms with Gasteiger partial charge in [0, 0.05) is 23.6 Å². The molecular formula is C38H25N3. The topological polar surface area (TPSA) is 30.7 Å². The monoisotopic (exact) mass is 528 g/mol. The van der Waals surface area contributed by atoms with E-state index in [1.165, 1.54) is 0 Å². The van der Waals surface area contributed by atoms with Gasteiger partial charge in [0.25, 0.3) is 0 Å². The van der Waals surface area contributed by atoms with Gasteiger partial charge in [0.05, 0.1) is 17.9 Å². The summed E-state index contributed by atoms with van der Waals surface area (Å²) in [6, 6.07) is 34.5. The van der Waals surface area contributed by atoms with Crippen molar-refractivity contribution in [2.45, 2.75) is 0 Å². The molecule has 6 aromatic carbocycles. The number of hydrogen-bond donors (Lipinski definition) is 0. The van der Waals surface area contributed by atoms with Crippen LogP contribution in [0.25, 0.3) is 71.9 Å². The van der Waals surface area contributed by atoms with E-state index in [9.17, 15) is 0 Å². The average Bonchev–Trinajstić information content (AvgIpc) is 3.48. The van der Waals surface area contributed by atoms with Gasteiger partial charge in [0.2, 0.25) is 0 Å². The Balaban J connectivity index is 1.54. The molecule has 3 nitrogen and oxygen atoms in total. The van der Waals surface area contributed by atoms with Crippen LogP contribution in [0, 0.1) is 0 Å². The predicted molar refractivity (Wildman–Crippen MR) is 170 cm³/mol. The summed E-state index contributed by atoms with van der Waals surface area (Å²) in [5.41, 5.74) is 6.49. The maximum absolute atomic E-state index is 8.90. The van der Waals surface area contributed by atoms with Crippen LogP contribution >= 0.6 is 0 Å². The summed E-state index contributed by atoms with van der Waals surface area (Å²) in [6.45, 7) is 0. The van der Waals surface area contributed by atoms with E-state index >= 15 is 0 Å². The third kappa shape index (κ3) is 3.75. The van der Waals surface area contributed by atoms with Gasteiger partial charge in [-0.25, -0.2) is 4.98 Å². The van der Waals surface area contributed by atoms with Gasteiger partial charge in [0.1, 0.15) is 5.82 Å². The Morgan fingerprint density at radius 2 is 1.10 bits per heavy atom. The number of nitrogens with zero attached hydrogens (tertiary/aromatic N) is 3. The van der Waals surface area contributed by atoms with Crippen LogP contribution in [-0.2, 0) is 0 Å². The summed E-state index contributed by atoms with van der Waals surface area (Å²) in [5.74, 6) is 0.501. The third-order valence-corrected chi connectivity index (χ3v) is 7.61. The van der Waals surface area contributed by atoms with Crippen molar-refractivity contribution in [2.24, 2.45) is 0 Å². The number of aromatic nitrogens is 3. The third-order valence-electron chi connectivity index (χ3n) is 7.61. The minimum absolute atomic E-state index is 0.0648. The van der Waals surface area contributed by atoms with Crippen LogP contribution in [0.1, 0.15) is 6.85 Å². The van der Waals surface area contributed by atoms with Gasteiger partial charge >= 0.3 is 0 Å². The summed E-state index contributed by atoms with van der Waals surface area (Å²) in [4.78, 5) is 9.34. The largest absolute Gasteiger partial charge is 0.292 e. The summed E-state index contributed by atoms with van der Waals surface area (Å²) >= 11 is 0. The minimum Gasteiger partial charge on any atom is -0.292 e. The van der Waals surface area contributed by atoms with Crippen molar-refractivity contribution in [3.63, 3.8) is 0 Å². The quantitative estimate of drug-likeness (QED) is 0.213. The zero-order valence-electron chi connectivity index (χ0n) is 26.9. The molecule has 3 heteroatoms. The second-order valence-electron chi connectivity index (χ2n) is 9.86. The molecule has 0 aliphatic heterocycles. The molecule has 0 N–H and O–H groups in total. The van der Waals surface area contributed by atoms with Gasteiger partial charge in [0.15, 0.2) is 0 Å². The molecule has 2 aromatic heterocycles. The summed E-state index contributed by atoms with van der Waals surface area (Å²) in [5, 5.41) is 3.89. The second-order valence-corrected chi connectivity index (χ2v) is 9.86. The zero-order valence-corrected chi connectivity index (χ0v) is 21.9. The number of benzene rings is 6. The SMILES string of the molecule is [2H]c1c([2H])c([2H])c(-n2c(-c3c4ccccc4c(-c4ccccc4-c4ccncc4)c4ccccc34)nc3ccccc32)c([2H])c1[2H]. The predicted octanol–water partition coefficient (Wildman–Crippen LogP) is 9.73. The first-order valence-corrected chi connectivity index (χ1v) is 13.4. The van der Waals surface area contributed by atoms with E-state index in [2.05, 4.69) is 47.4 Å². The first-order valence-electron chi connectivity index (χ1n) is 15.9. The summed E-state index contributed by atoms with van der Waals surface area (Å²) in [7, 11) is 0. The van der Waals surface area contributed by atoms with E-state index in [4.69, 9.17) is 11.8 Å². The van der Waals surface area contributed by atoms with Crippen LogP contribution in [0.2, 0.25) is 0 Å². The molecule has 0 aliphatic rings. The molecule has 0 saturated carbocycles. The highest BCUT2D eigenvalue weighted by Gasteiger charge is 2.22. The van der Waals surface area contributed by atoms with Crippen LogP contribution < -0.4 is 0 Å². The van der Waals surface area contributed by atoms with Crippen LogP contribution in [-0.4, -0.2) is 14.5 Å². The van der Waals surface area contributed by atoms with E-state index in [1.807, 2.05) is 66.7 Å². The molecule has 0 radical (unpaired) electrons. The van der Waals surface area contributed by atoms with E-state index in [0.29, 0.717) is 16.9 Å². The van der Waals surface area contributed by atoms with E-state index in [-0.39, 0.29) is 17.8 Å². The molecule has 8 aromatic rings. The molecule has 0 unspecified atom stereocenters. The van der Waals surface area contributed by atoms with Crippen molar-refractivity contribution in [3.8, 4) is 39.3 Å². The van der Waals surface area contributed by atoms with Crippen LogP contribution in [0.15, 0.2) is 152 Å². The van der Waals surface area contributed by atoms with Crippen molar-refractivity contribution in [1.29, 1.82) is 0 Å². The van der Waals surface area contributed by atoms with Gasteiger partial charge < -0.3 is 0 Å². The van der Waals surface area contributed by atoms with E-state index < -0.39 is 18.1 Å². The van der Waals surface area contributed by atoms with Crippen molar-refractivity contribution in [2.75, 3.05) is 0 Å². The molecule has 0 fully saturated rings. The first kappa shape index (κ1) is 18.7. The lowest BCUT2D eigenvalue weighted by atomic mass is 9.85. The molecule has 0 amide bonds. The number of pyridine rings is 1. The van der Waals surface area contributed by atoms with Crippen LogP contribution in [0.5, 0.6) is 0 Å². The zero-order chi connectivity index (χ0) is 31.5. The lowest BCUT2D eigenvalue weighted by molar-refractivity contribution is 1.11. The fourth-order valence-electron chi connectivity index (χ4n) is 5.92. The second kappa shape index (κ2) is 9.58. The molecule has 0 atom stereocenters. The number of hydrogen-bond acceptors (Lipinski definition) is 2. The van der Waals surface area contributed by atoms with Crippen LogP contribution in [0.3, 0.4) is 0 Å². The molecule has 2 heterocycles. The average molecular weight is 529 g/mol. The summed E-state index contributed by atoms with van der Waals surface area (Å²) in [6.07, 6.45) is 3.60. The first-order chi connectivity index (χ1) is 22.5. The molecule has 0 spiro atoms. The molecular weight excluding hydrogens is 498 g/mol. The maximum atomic E-state index is 8.90. The fraction of sp³-hybridized carbons (Fsp3) is 0. The smallest absolute Gasteiger partial charge is 0.146 e. The Morgan fingerprint density at radius 1 is 0.537 bits per heavy atom. The van der Waals surface area contributed by atoms with Gasteiger partial charge in [-0.15, -0.1) is 0 Å². The molecule has 41 heavy (non-hydrogen) atoms. The molecule has 8 rings (SSSR count). The Bertz CT molecular complexity index is 2400. The highest BCUT2D eigenvalue weighted by molar-refractivity contribution is 6.22. The normalized spacial score (nSPS) is 13.1. The minimum atomic E-state index is -0.433.